The average Bonchev–Trinajstić information content (AvgIpc) is 3.11. The molecule has 4 aliphatic carbocycles. The molecule has 1 saturated heterocycles. The lowest BCUT2D eigenvalue weighted by molar-refractivity contribution is -0.197. The summed E-state index contributed by atoms with van der Waals surface area (Å²) in [7, 11) is 2.16. The molecule has 0 aromatic carbocycles. The van der Waals surface area contributed by atoms with E-state index in [4.69, 9.17) is 9.57 Å². The van der Waals surface area contributed by atoms with Crippen molar-refractivity contribution < 1.29 is 14.4 Å². The van der Waals surface area contributed by atoms with Gasteiger partial charge in [0, 0.05) is 19.0 Å². The number of ether oxygens (including phenoxy) is 1. The lowest BCUT2D eigenvalue weighted by Crippen LogP contribution is -2.60. The van der Waals surface area contributed by atoms with Crippen LogP contribution in [0.25, 0.3) is 0 Å². The number of hydroxylamine groups is 2. The second kappa shape index (κ2) is 5.97. The molecule has 0 unspecified atom stereocenters. The quantitative estimate of drug-likeness (QED) is 0.635. The topological polar surface area (TPSA) is 38.8 Å². The lowest BCUT2D eigenvalue weighted by atomic mass is 9.39. The van der Waals surface area contributed by atoms with Crippen LogP contribution in [0.5, 0.6) is 0 Å². The van der Waals surface area contributed by atoms with Crippen LogP contribution in [0.4, 0.5) is 0 Å². The van der Waals surface area contributed by atoms with Crippen LogP contribution in [0.2, 0.25) is 0 Å². The van der Waals surface area contributed by atoms with Crippen LogP contribution in [0.15, 0.2) is 0 Å². The maximum atomic E-state index is 13.1. The molecule has 0 aromatic rings. The van der Waals surface area contributed by atoms with E-state index >= 15 is 0 Å². The molecule has 1 heterocycles. The van der Waals surface area contributed by atoms with E-state index in [0.717, 1.165) is 25.4 Å². The number of nitrogens with zero attached hydrogens (tertiary/aromatic N) is 1. The van der Waals surface area contributed by atoms with Crippen molar-refractivity contribution in [2.24, 2.45) is 39.4 Å². The maximum Gasteiger partial charge on any atom is 0.312 e. The van der Waals surface area contributed by atoms with Crippen LogP contribution in [0.1, 0.15) is 79.1 Å². The molecule has 0 aromatic heterocycles. The molecule has 8 atom stereocenters. The number of esters is 1. The second-order valence-corrected chi connectivity index (χ2v) is 11.6. The molecule has 4 nitrogen and oxygen atoms in total. The second-order valence-electron chi connectivity index (χ2n) is 11.6. The van der Waals surface area contributed by atoms with Crippen LogP contribution in [0, 0.1) is 39.4 Å². The van der Waals surface area contributed by atoms with Gasteiger partial charge in [-0.15, -0.1) is 0 Å². The zero-order valence-corrected chi connectivity index (χ0v) is 18.6. The van der Waals surface area contributed by atoms with Gasteiger partial charge in [-0.2, -0.15) is 5.06 Å². The van der Waals surface area contributed by atoms with Gasteiger partial charge in [0.05, 0.1) is 18.6 Å². The first kappa shape index (κ1) is 19.4. The zero-order chi connectivity index (χ0) is 19.9. The van der Waals surface area contributed by atoms with Crippen LogP contribution in [-0.4, -0.2) is 37.3 Å². The number of carbonyl (C=O) groups excluding carboxylic acids is 1. The lowest BCUT2D eigenvalue weighted by Gasteiger charge is -2.65. The summed E-state index contributed by atoms with van der Waals surface area (Å²) in [5.41, 5.74) is 0.775. The summed E-state index contributed by atoms with van der Waals surface area (Å²) in [5.74, 6) is 1.93. The van der Waals surface area contributed by atoms with Crippen LogP contribution in [0.3, 0.4) is 0 Å². The minimum Gasteiger partial charge on any atom is -0.466 e. The molecule has 2 bridgehead atoms. The van der Waals surface area contributed by atoms with E-state index in [1.54, 1.807) is 0 Å². The third kappa shape index (κ3) is 2.17. The number of fused-ring (bicyclic) bond motifs is 5. The minimum atomic E-state index is -0.299. The molecule has 28 heavy (non-hydrogen) atoms. The van der Waals surface area contributed by atoms with Crippen molar-refractivity contribution in [2.45, 2.75) is 85.1 Å². The normalized spacial score (nSPS) is 55.3. The number of rotatable bonds is 2. The first-order valence-electron chi connectivity index (χ1n) is 11.7. The number of carbonyl (C=O) groups is 1. The maximum absolute atomic E-state index is 13.1. The van der Waals surface area contributed by atoms with Crippen molar-refractivity contribution in [1.29, 1.82) is 0 Å². The Balaban J connectivity index is 1.54. The highest BCUT2D eigenvalue weighted by Gasteiger charge is 2.73. The van der Waals surface area contributed by atoms with E-state index in [2.05, 4.69) is 32.9 Å². The molecule has 5 aliphatic rings. The van der Waals surface area contributed by atoms with Gasteiger partial charge < -0.3 is 4.74 Å². The van der Waals surface area contributed by atoms with Crippen LogP contribution in [-0.2, 0) is 14.4 Å². The molecule has 5 fully saturated rings. The van der Waals surface area contributed by atoms with Crippen molar-refractivity contribution in [2.75, 3.05) is 20.3 Å². The van der Waals surface area contributed by atoms with Crippen LogP contribution < -0.4 is 0 Å². The van der Waals surface area contributed by atoms with Gasteiger partial charge in [-0.1, -0.05) is 20.3 Å². The Kier molecular flexibility index (Phi) is 4.13. The van der Waals surface area contributed by atoms with E-state index < -0.39 is 0 Å². The Morgan fingerprint density at radius 2 is 1.86 bits per heavy atom. The van der Waals surface area contributed by atoms with Crippen LogP contribution >= 0.6 is 0 Å². The average molecular weight is 390 g/mol. The fourth-order valence-electron chi connectivity index (χ4n) is 9.76. The fourth-order valence-corrected chi connectivity index (χ4v) is 9.76. The molecule has 158 valence electrons. The van der Waals surface area contributed by atoms with Crippen molar-refractivity contribution >= 4 is 5.97 Å². The third-order valence-corrected chi connectivity index (χ3v) is 10.5. The molecule has 4 saturated carbocycles. The highest BCUT2D eigenvalue weighted by Crippen LogP contribution is 2.76. The van der Waals surface area contributed by atoms with Crippen molar-refractivity contribution in [3.05, 3.63) is 0 Å². The number of hydrogen-bond donors (Lipinski definition) is 0. The van der Waals surface area contributed by atoms with E-state index in [-0.39, 0.29) is 16.8 Å². The first-order chi connectivity index (χ1) is 13.2. The van der Waals surface area contributed by atoms with Gasteiger partial charge in [0.25, 0.3) is 0 Å². The largest absolute Gasteiger partial charge is 0.466 e. The molecule has 4 heteroatoms. The Hall–Kier alpha value is -0.610. The summed E-state index contributed by atoms with van der Waals surface area (Å²) >= 11 is 0. The summed E-state index contributed by atoms with van der Waals surface area (Å²) < 4.78 is 5.61. The summed E-state index contributed by atoms with van der Waals surface area (Å²) in [6.07, 6.45) is 9.93. The van der Waals surface area contributed by atoms with Crippen molar-refractivity contribution in [3.63, 3.8) is 0 Å². The summed E-state index contributed by atoms with van der Waals surface area (Å²) in [6, 6.07) is 0.581. The molecule has 5 rings (SSSR count). The summed E-state index contributed by atoms with van der Waals surface area (Å²) in [5, 5.41) is 2.21. The predicted molar refractivity (Wildman–Crippen MR) is 108 cm³/mol. The highest BCUT2D eigenvalue weighted by atomic mass is 16.7. The molecule has 0 radical (unpaired) electrons. The van der Waals surface area contributed by atoms with Gasteiger partial charge in [0.1, 0.15) is 0 Å². The zero-order valence-electron chi connectivity index (χ0n) is 18.6. The molecular formula is C24H39NO3. The van der Waals surface area contributed by atoms with Crippen molar-refractivity contribution in [3.8, 4) is 0 Å². The highest BCUT2D eigenvalue weighted by molar-refractivity contribution is 5.77. The van der Waals surface area contributed by atoms with E-state index in [9.17, 15) is 4.79 Å². The smallest absolute Gasteiger partial charge is 0.312 e. The van der Waals surface area contributed by atoms with E-state index in [0.29, 0.717) is 35.3 Å². The van der Waals surface area contributed by atoms with E-state index in [1.165, 1.54) is 38.5 Å². The van der Waals surface area contributed by atoms with Crippen molar-refractivity contribution in [1.82, 2.24) is 5.06 Å². The SMILES string of the molecule is CCOC(=O)[C@]1(C)CCC[C@@]2(C)[C@@H]3CC[C@@]4(C)C[C@]3(CC[C@@H]21)[C@@H]1CON(C)[C@@H]14. The third-order valence-electron chi connectivity index (χ3n) is 10.5. The van der Waals surface area contributed by atoms with Gasteiger partial charge in [-0.05, 0) is 86.9 Å². The Morgan fingerprint density at radius 1 is 1.11 bits per heavy atom. The Bertz CT molecular complexity index is 681. The first-order valence-corrected chi connectivity index (χ1v) is 11.7. The Morgan fingerprint density at radius 3 is 2.61 bits per heavy atom. The minimum absolute atomic E-state index is 0.0655. The predicted octanol–water partition coefficient (Wildman–Crippen LogP) is 4.82. The molecular weight excluding hydrogens is 350 g/mol. The van der Waals surface area contributed by atoms with Gasteiger partial charge >= 0.3 is 5.97 Å². The van der Waals surface area contributed by atoms with Gasteiger partial charge in [-0.3, -0.25) is 9.63 Å². The van der Waals surface area contributed by atoms with Gasteiger partial charge in [0.15, 0.2) is 0 Å². The molecule has 1 aliphatic heterocycles. The summed E-state index contributed by atoms with van der Waals surface area (Å²) in [6.45, 7) is 10.6. The monoisotopic (exact) mass is 389 g/mol. The van der Waals surface area contributed by atoms with Gasteiger partial charge in [-0.25, -0.2) is 0 Å². The summed E-state index contributed by atoms with van der Waals surface area (Å²) in [4.78, 5) is 19.2. The standard InChI is InChI=1S/C24H39NO3/c1-6-27-20(26)23(4)11-7-10-22(3)17(23)9-13-24-15-21(2,12-8-18(22)24)19-16(24)14-28-25(19)5/h16-19H,6-15H2,1-5H3/t16-,17+,18+,19+,21+,22-,23-,24-/m1/s1. The molecule has 0 amide bonds. The number of hydrogen-bond acceptors (Lipinski definition) is 4. The fraction of sp³-hybridized carbons (Fsp3) is 0.958. The van der Waals surface area contributed by atoms with E-state index in [1.807, 2.05) is 6.92 Å². The molecule has 0 N–H and O–H groups in total. The molecule has 1 spiro atoms. The van der Waals surface area contributed by atoms with Gasteiger partial charge in [0.2, 0.25) is 0 Å². The Labute approximate surface area is 170 Å².